The Balaban J connectivity index is 2.04. The Bertz CT molecular complexity index is 434. The maximum absolute atomic E-state index is 12.0. The molecule has 7 heteroatoms. The Morgan fingerprint density at radius 3 is 2.72 bits per heavy atom. The number of fused-ring (bicyclic) bond motifs is 1. The minimum Gasteiger partial charge on any atom is -0.454 e. The summed E-state index contributed by atoms with van der Waals surface area (Å²) in [5, 5.41) is 0. The molecule has 0 saturated heterocycles. The van der Waals surface area contributed by atoms with Crippen molar-refractivity contribution >= 4 is 0 Å². The lowest BCUT2D eigenvalue weighted by Gasteiger charge is -2.18. The summed E-state index contributed by atoms with van der Waals surface area (Å²) in [5.41, 5.74) is 1.69. The maximum Gasteiger partial charge on any atom is 0.422 e. The van der Waals surface area contributed by atoms with Crippen molar-refractivity contribution in [3.8, 4) is 6.01 Å². The number of ether oxygens (including phenoxy) is 1. The molecule has 0 aliphatic carbocycles. The van der Waals surface area contributed by atoms with Crippen LogP contribution in [0.3, 0.4) is 0 Å². The predicted molar refractivity (Wildman–Crippen MR) is 58.0 cm³/mol. The molecule has 1 aromatic rings. The molecule has 0 spiro atoms. The zero-order chi connectivity index (χ0) is 13.3. The van der Waals surface area contributed by atoms with E-state index in [4.69, 9.17) is 0 Å². The van der Waals surface area contributed by atoms with Crippen LogP contribution < -0.4 is 4.74 Å². The second kappa shape index (κ2) is 4.72. The minimum atomic E-state index is -4.37. The average Bonchev–Trinajstić information content (AvgIpc) is 2.68. The molecular weight excluding hydrogens is 247 g/mol. The van der Waals surface area contributed by atoms with E-state index in [1.54, 1.807) is 0 Å². The van der Waals surface area contributed by atoms with Crippen LogP contribution in [0.2, 0.25) is 0 Å². The van der Waals surface area contributed by atoms with E-state index in [0.717, 1.165) is 17.8 Å². The monoisotopic (exact) mass is 261 g/mol. The van der Waals surface area contributed by atoms with Crippen LogP contribution >= 0.6 is 0 Å². The highest BCUT2D eigenvalue weighted by molar-refractivity contribution is 5.23. The van der Waals surface area contributed by atoms with Crippen molar-refractivity contribution in [3.63, 3.8) is 0 Å². The molecule has 2 heterocycles. The SMILES string of the molecule is CC(C)N1Cc2cnc(OCC(F)(F)F)nc2C1. The molecule has 18 heavy (non-hydrogen) atoms. The molecule has 0 saturated carbocycles. The van der Waals surface area contributed by atoms with Crippen LogP contribution in [0.4, 0.5) is 13.2 Å². The van der Waals surface area contributed by atoms with Gasteiger partial charge in [-0.2, -0.15) is 18.2 Å². The van der Waals surface area contributed by atoms with Crippen LogP contribution in [-0.4, -0.2) is 33.7 Å². The van der Waals surface area contributed by atoms with Crippen molar-refractivity contribution in [1.29, 1.82) is 0 Å². The van der Waals surface area contributed by atoms with Crippen molar-refractivity contribution in [1.82, 2.24) is 14.9 Å². The summed E-state index contributed by atoms with van der Waals surface area (Å²) >= 11 is 0. The van der Waals surface area contributed by atoms with E-state index in [2.05, 4.69) is 33.5 Å². The summed E-state index contributed by atoms with van der Waals surface area (Å²) in [6.45, 7) is 4.10. The summed E-state index contributed by atoms with van der Waals surface area (Å²) in [6.07, 6.45) is -2.83. The summed E-state index contributed by atoms with van der Waals surface area (Å²) in [7, 11) is 0. The normalized spacial score (nSPS) is 16.1. The van der Waals surface area contributed by atoms with E-state index < -0.39 is 12.8 Å². The molecule has 0 radical (unpaired) electrons. The Hall–Kier alpha value is -1.37. The summed E-state index contributed by atoms with van der Waals surface area (Å²) in [4.78, 5) is 9.96. The van der Waals surface area contributed by atoms with Gasteiger partial charge in [0.05, 0.1) is 5.69 Å². The van der Waals surface area contributed by atoms with E-state index in [1.807, 2.05) is 0 Å². The lowest BCUT2D eigenvalue weighted by molar-refractivity contribution is -0.154. The van der Waals surface area contributed by atoms with Crippen LogP contribution in [0, 0.1) is 0 Å². The summed E-state index contributed by atoms with van der Waals surface area (Å²) in [6, 6.07) is 0.149. The van der Waals surface area contributed by atoms with Gasteiger partial charge >= 0.3 is 12.2 Å². The Morgan fingerprint density at radius 2 is 2.11 bits per heavy atom. The molecule has 1 aliphatic rings. The van der Waals surface area contributed by atoms with Crippen LogP contribution in [0.25, 0.3) is 0 Å². The van der Waals surface area contributed by atoms with Crippen LogP contribution in [-0.2, 0) is 13.1 Å². The largest absolute Gasteiger partial charge is 0.454 e. The number of aromatic nitrogens is 2. The fourth-order valence-electron chi connectivity index (χ4n) is 1.74. The van der Waals surface area contributed by atoms with Crippen molar-refractivity contribution in [2.75, 3.05) is 6.61 Å². The first-order valence-corrected chi connectivity index (χ1v) is 5.63. The van der Waals surface area contributed by atoms with Gasteiger partial charge in [-0.05, 0) is 13.8 Å². The lowest BCUT2D eigenvalue weighted by atomic mass is 10.3. The number of hydrogen-bond acceptors (Lipinski definition) is 4. The third-order valence-corrected chi connectivity index (χ3v) is 2.75. The van der Waals surface area contributed by atoms with E-state index in [-0.39, 0.29) is 6.01 Å². The van der Waals surface area contributed by atoms with Crippen molar-refractivity contribution < 1.29 is 17.9 Å². The first-order valence-electron chi connectivity index (χ1n) is 5.63. The first-order chi connectivity index (χ1) is 8.35. The van der Waals surface area contributed by atoms with Gasteiger partial charge in [0.25, 0.3) is 0 Å². The van der Waals surface area contributed by atoms with Crippen molar-refractivity contribution in [2.45, 2.75) is 39.2 Å². The second-order valence-electron chi connectivity index (χ2n) is 4.53. The standard InChI is InChI=1S/C11H14F3N3O/c1-7(2)17-4-8-3-15-10(16-9(8)5-17)18-6-11(12,13)14/h3,7H,4-6H2,1-2H3. The number of rotatable bonds is 3. The molecular formula is C11H14F3N3O. The number of hydrogen-bond donors (Lipinski definition) is 0. The summed E-state index contributed by atoms with van der Waals surface area (Å²) in [5.74, 6) is 0. The second-order valence-corrected chi connectivity index (χ2v) is 4.53. The van der Waals surface area contributed by atoms with E-state index in [9.17, 15) is 13.2 Å². The van der Waals surface area contributed by atoms with Gasteiger partial charge < -0.3 is 4.74 Å². The Kier molecular flexibility index (Phi) is 3.43. The molecule has 0 bridgehead atoms. The van der Waals surface area contributed by atoms with Crippen LogP contribution in [0.15, 0.2) is 6.20 Å². The molecule has 1 aliphatic heterocycles. The van der Waals surface area contributed by atoms with E-state index in [1.165, 1.54) is 6.20 Å². The van der Waals surface area contributed by atoms with Gasteiger partial charge in [0, 0.05) is 30.9 Å². The number of alkyl halides is 3. The van der Waals surface area contributed by atoms with Gasteiger partial charge in [-0.3, -0.25) is 4.90 Å². The minimum absolute atomic E-state index is 0.211. The molecule has 100 valence electrons. The Morgan fingerprint density at radius 1 is 1.39 bits per heavy atom. The maximum atomic E-state index is 12.0. The van der Waals surface area contributed by atoms with Gasteiger partial charge in [-0.15, -0.1) is 0 Å². The molecule has 0 aromatic carbocycles. The highest BCUT2D eigenvalue weighted by Crippen LogP contribution is 2.24. The molecule has 1 aromatic heterocycles. The molecule has 0 atom stereocenters. The van der Waals surface area contributed by atoms with Crippen LogP contribution in [0.5, 0.6) is 6.01 Å². The number of nitrogens with zero attached hydrogens (tertiary/aromatic N) is 3. The quantitative estimate of drug-likeness (QED) is 0.835. The Labute approximate surface area is 103 Å². The van der Waals surface area contributed by atoms with Crippen molar-refractivity contribution in [3.05, 3.63) is 17.5 Å². The van der Waals surface area contributed by atoms with Gasteiger partial charge in [0.1, 0.15) is 0 Å². The fraction of sp³-hybridized carbons (Fsp3) is 0.636. The molecule has 4 nitrogen and oxygen atoms in total. The average molecular weight is 261 g/mol. The van der Waals surface area contributed by atoms with Crippen molar-refractivity contribution in [2.24, 2.45) is 0 Å². The topological polar surface area (TPSA) is 38.2 Å². The highest BCUT2D eigenvalue weighted by Gasteiger charge is 2.29. The fourth-order valence-corrected chi connectivity index (χ4v) is 1.74. The molecule has 0 fully saturated rings. The zero-order valence-corrected chi connectivity index (χ0v) is 10.2. The van der Waals surface area contributed by atoms with Crippen LogP contribution in [0.1, 0.15) is 25.1 Å². The van der Waals surface area contributed by atoms with Gasteiger partial charge in [0.15, 0.2) is 6.61 Å². The van der Waals surface area contributed by atoms with E-state index >= 15 is 0 Å². The summed E-state index contributed by atoms with van der Waals surface area (Å²) < 4.78 is 40.5. The number of halogens is 3. The molecule has 0 N–H and O–H groups in total. The molecule has 0 amide bonds. The van der Waals surface area contributed by atoms with Gasteiger partial charge in [-0.1, -0.05) is 0 Å². The third kappa shape index (κ3) is 3.10. The third-order valence-electron chi connectivity index (χ3n) is 2.75. The molecule has 2 rings (SSSR count). The van der Waals surface area contributed by atoms with Gasteiger partial charge in [0.2, 0.25) is 0 Å². The first kappa shape index (κ1) is 13.1. The van der Waals surface area contributed by atoms with E-state index in [0.29, 0.717) is 12.6 Å². The molecule has 0 unspecified atom stereocenters. The van der Waals surface area contributed by atoms with Gasteiger partial charge in [-0.25, -0.2) is 4.98 Å². The highest BCUT2D eigenvalue weighted by atomic mass is 19.4. The zero-order valence-electron chi connectivity index (χ0n) is 10.2. The smallest absolute Gasteiger partial charge is 0.422 e. The predicted octanol–water partition coefficient (Wildman–Crippen LogP) is 2.14. The lowest BCUT2D eigenvalue weighted by Crippen LogP contribution is -2.24.